The van der Waals surface area contributed by atoms with Crippen molar-refractivity contribution in [1.29, 1.82) is 0 Å². The Morgan fingerprint density at radius 2 is 2.00 bits per heavy atom. The first kappa shape index (κ1) is 27.2. The molecule has 0 aliphatic carbocycles. The first-order valence-electron chi connectivity index (χ1n) is 11.3. The number of benzene rings is 1. The average molecular weight is 558 g/mol. The normalized spacial score (nSPS) is 17.9. The second kappa shape index (κ2) is 10.5. The largest absolute Gasteiger partial charge is 0.573 e. The minimum absolute atomic E-state index is 0.00915. The minimum atomic E-state index is -4.91. The predicted octanol–water partition coefficient (Wildman–Crippen LogP) is 3.69. The van der Waals surface area contributed by atoms with Gasteiger partial charge in [-0.2, -0.15) is 0 Å². The molecule has 1 fully saturated rings. The maximum atomic E-state index is 12.8. The fourth-order valence-electron chi connectivity index (χ4n) is 3.82. The molecular formula is C22H23ClF3N7O5. The number of aromatic nitrogens is 5. The monoisotopic (exact) mass is 557 g/mol. The van der Waals surface area contributed by atoms with Gasteiger partial charge in [0.05, 0.1) is 29.4 Å². The highest BCUT2D eigenvalue weighted by molar-refractivity contribution is 6.33. The van der Waals surface area contributed by atoms with Gasteiger partial charge in [0, 0.05) is 18.8 Å². The van der Waals surface area contributed by atoms with Gasteiger partial charge in [-0.1, -0.05) is 16.8 Å². The molecule has 3 aromatic rings. The first-order chi connectivity index (χ1) is 17.8. The van der Waals surface area contributed by atoms with E-state index in [9.17, 15) is 22.8 Å². The summed E-state index contributed by atoms with van der Waals surface area (Å²) in [6.07, 6.45) is -1.93. The van der Waals surface area contributed by atoms with Crippen molar-refractivity contribution in [2.75, 3.05) is 6.54 Å². The highest BCUT2D eigenvalue weighted by Gasteiger charge is 2.39. The molecule has 1 N–H and O–H groups in total. The summed E-state index contributed by atoms with van der Waals surface area (Å²) in [4.78, 5) is 27.2. The highest BCUT2D eigenvalue weighted by atomic mass is 35.5. The number of carbonyl (C=O) groups is 2. The van der Waals surface area contributed by atoms with Crippen LogP contribution in [0.15, 0.2) is 35.0 Å². The van der Waals surface area contributed by atoms with E-state index in [0.29, 0.717) is 13.0 Å². The van der Waals surface area contributed by atoms with Crippen molar-refractivity contribution in [3.05, 3.63) is 41.5 Å². The maximum absolute atomic E-state index is 12.8. The molecule has 2 atom stereocenters. The summed E-state index contributed by atoms with van der Waals surface area (Å²) in [7, 11) is 0. The molecular weight excluding hydrogens is 535 g/mol. The molecule has 204 valence electrons. The fourth-order valence-corrected chi connectivity index (χ4v) is 4.02. The molecule has 1 aromatic carbocycles. The lowest BCUT2D eigenvalue weighted by Crippen LogP contribution is -2.43. The summed E-state index contributed by atoms with van der Waals surface area (Å²) in [5, 5.41) is 17.9. The van der Waals surface area contributed by atoms with Crippen LogP contribution < -0.4 is 10.1 Å². The zero-order chi connectivity index (χ0) is 27.7. The average Bonchev–Trinajstić information content (AvgIpc) is 3.54. The number of amides is 2. The van der Waals surface area contributed by atoms with Gasteiger partial charge in [-0.25, -0.2) is 4.79 Å². The first-order valence-corrected chi connectivity index (χ1v) is 11.7. The van der Waals surface area contributed by atoms with E-state index in [1.54, 1.807) is 31.6 Å². The SMILES string of the molecule is CC(C)(C)OC(=O)N1C[C@H](NC(=O)c2nnc(-c3cc(OC(F)(F)F)ccc3Cl)o2)C[C@H]1Cn1ccnn1. The van der Waals surface area contributed by atoms with E-state index in [1.807, 2.05) is 0 Å². The summed E-state index contributed by atoms with van der Waals surface area (Å²) in [5.74, 6) is -2.01. The molecule has 2 aromatic heterocycles. The fraction of sp³-hybridized carbons (Fsp3) is 0.455. The number of ether oxygens (including phenoxy) is 2. The van der Waals surface area contributed by atoms with E-state index in [2.05, 4.69) is 30.6 Å². The molecule has 1 aliphatic rings. The van der Waals surface area contributed by atoms with Gasteiger partial charge >= 0.3 is 24.3 Å². The van der Waals surface area contributed by atoms with E-state index in [-0.39, 0.29) is 29.1 Å². The van der Waals surface area contributed by atoms with Gasteiger partial charge in [0.2, 0.25) is 5.89 Å². The molecule has 0 saturated carbocycles. The van der Waals surface area contributed by atoms with Crippen LogP contribution in [-0.2, 0) is 11.3 Å². The van der Waals surface area contributed by atoms with Crippen LogP contribution in [0.5, 0.6) is 5.75 Å². The zero-order valence-electron chi connectivity index (χ0n) is 20.4. The maximum Gasteiger partial charge on any atom is 0.573 e. The van der Waals surface area contributed by atoms with Gasteiger partial charge in [0.15, 0.2) is 0 Å². The van der Waals surface area contributed by atoms with Crippen LogP contribution in [0.25, 0.3) is 11.5 Å². The third-order valence-electron chi connectivity index (χ3n) is 5.27. The number of halogens is 4. The van der Waals surface area contributed by atoms with Crippen molar-refractivity contribution < 1.29 is 36.7 Å². The molecule has 3 heterocycles. The summed E-state index contributed by atoms with van der Waals surface area (Å²) < 4.78 is 54.1. The number of likely N-dealkylation sites (tertiary alicyclic amines) is 1. The molecule has 38 heavy (non-hydrogen) atoms. The van der Waals surface area contributed by atoms with E-state index < -0.39 is 41.6 Å². The van der Waals surface area contributed by atoms with Crippen molar-refractivity contribution in [1.82, 2.24) is 35.4 Å². The number of hydrogen-bond donors (Lipinski definition) is 1. The number of carbonyl (C=O) groups excluding carboxylic acids is 2. The number of nitrogens with one attached hydrogen (secondary N) is 1. The Labute approximate surface area is 219 Å². The molecule has 0 unspecified atom stereocenters. The topological polar surface area (TPSA) is 138 Å². The Kier molecular flexibility index (Phi) is 7.49. The summed E-state index contributed by atoms with van der Waals surface area (Å²) in [6, 6.07) is 2.31. The van der Waals surface area contributed by atoms with E-state index in [0.717, 1.165) is 12.1 Å². The van der Waals surface area contributed by atoms with Crippen molar-refractivity contribution in [3.63, 3.8) is 0 Å². The third kappa shape index (κ3) is 6.90. The van der Waals surface area contributed by atoms with Crippen molar-refractivity contribution in [3.8, 4) is 17.2 Å². The second-order valence-electron chi connectivity index (χ2n) is 9.42. The number of alkyl halides is 3. The Hall–Kier alpha value is -3.88. The summed E-state index contributed by atoms with van der Waals surface area (Å²) in [6.45, 7) is 5.71. The minimum Gasteiger partial charge on any atom is -0.444 e. The van der Waals surface area contributed by atoms with Crippen LogP contribution in [0.1, 0.15) is 37.9 Å². The Bertz CT molecular complexity index is 1290. The molecule has 0 radical (unpaired) electrons. The lowest BCUT2D eigenvalue weighted by atomic mass is 10.1. The molecule has 4 rings (SSSR count). The molecule has 16 heteroatoms. The highest BCUT2D eigenvalue weighted by Crippen LogP contribution is 2.33. The van der Waals surface area contributed by atoms with Crippen molar-refractivity contribution in [2.45, 2.75) is 57.8 Å². The van der Waals surface area contributed by atoms with Crippen LogP contribution in [0.4, 0.5) is 18.0 Å². The van der Waals surface area contributed by atoms with E-state index in [4.69, 9.17) is 20.8 Å². The lowest BCUT2D eigenvalue weighted by molar-refractivity contribution is -0.274. The van der Waals surface area contributed by atoms with Crippen LogP contribution in [0.3, 0.4) is 0 Å². The Balaban J connectivity index is 1.46. The predicted molar refractivity (Wildman–Crippen MR) is 124 cm³/mol. The van der Waals surface area contributed by atoms with Gasteiger partial charge in [-0.15, -0.1) is 28.5 Å². The Morgan fingerprint density at radius 1 is 1.24 bits per heavy atom. The Morgan fingerprint density at radius 3 is 2.66 bits per heavy atom. The number of nitrogens with zero attached hydrogens (tertiary/aromatic N) is 6. The number of hydrogen-bond acceptors (Lipinski definition) is 9. The van der Waals surface area contributed by atoms with Gasteiger partial charge < -0.3 is 24.1 Å². The van der Waals surface area contributed by atoms with Gasteiger partial charge in [0.25, 0.3) is 0 Å². The third-order valence-corrected chi connectivity index (χ3v) is 5.60. The quantitative estimate of drug-likeness (QED) is 0.481. The van der Waals surface area contributed by atoms with Crippen LogP contribution in [-0.4, -0.2) is 72.7 Å². The van der Waals surface area contributed by atoms with E-state index >= 15 is 0 Å². The lowest BCUT2D eigenvalue weighted by Gasteiger charge is -2.28. The molecule has 0 spiro atoms. The standard InChI is InChI=1S/C22H23ClF3N7O5/c1-21(2,3)38-20(35)33-10-12(8-13(33)11-32-7-6-27-31-32)28-17(34)19-30-29-18(36-19)15-9-14(4-5-16(15)23)37-22(24,25)26/h4-7,9,12-13H,8,10-11H2,1-3H3,(H,28,34)/t12-,13+/m1/s1. The van der Waals surface area contributed by atoms with E-state index in [1.165, 1.54) is 17.2 Å². The van der Waals surface area contributed by atoms with Gasteiger partial charge in [-0.3, -0.25) is 9.48 Å². The van der Waals surface area contributed by atoms with Crippen molar-refractivity contribution >= 4 is 23.6 Å². The molecule has 2 amide bonds. The smallest absolute Gasteiger partial charge is 0.444 e. The van der Waals surface area contributed by atoms with Crippen LogP contribution >= 0.6 is 11.6 Å². The number of rotatable bonds is 6. The van der Waals surface area contributed by atoms with Gasteiger partial charge in [0.1, 0.15) is 11.4 Å². The molecule has 0 bridgehead atoms. The summed E-state index contributed by atoms with van der Waals surface area (Å²) >= 11 is 6.07. The van der Waals surface area contributed by atoms with Crippen LogP contribution in [0, 0.1) is 0 Å². The second-order valence-corrected chi connectivity index (χ2v) is 9.83. The van der Waals surface area contributed by atoms with Crippen LogP contribution in [0.2, 0.25) is 5.02 Å². The van der Waals surface area contributed by atoms with Gasteiger partial charge in [-0.05, 0) is 45.4 Å². The molecule has 12 nitrogen and oxygen atoms in total. The molecule has 1 saturated heterocycles. The summed E-state index contributed by atoms with van der Waals surface area (Å²) in [5.41, 5.74) is -0.773. The zero-order valence-corrected chi connectivity index (χ0v) is 21.2. The van der Waals surface area contributed by atoms with Crippen molar-refractivity contribution in [2.24, 2.45) is 0 Å². The molecule has 1 aliphatic heterocycles.